The lowest BCUT2D eigenvalue weighted by Gasteiger charge is -1.88. The van der Waals surface area contributed by atoms with Crippen LogP contribution in [-0.4, -0.2) is 5.91 Å². The van der Waals surface area contributed by atoms with Gasteiger partial charge in [-0.3, -0.25) is 4.79 Å². The van der Waals surface area contributed by atoms with E-state index in [-0.39, 0.29) is 0 Å². The van der Waals surface area contributed by atoms with Gasteiger partial charge in [-0.15, -0.1) is 0 Å². The van der Waals surface area contributed by atoms with Crippen molar-refractivity contribution >= 4 is 5.91 Å². The van der Waals surface area contributed by atoms with Gasteiger partial charge in [0.05, 0.1) is 0 Å². The van der Waals surface area contributed by atoms with Crippen LogP contribution in [0, 0.1) is 0 Å². The van der Waals surface area contributed by atoms with Gasteiger partial charge in [-0.05, 0) is 0 Å². The number of hydrogen-bond acceptors (Lipinski definition) is 1. The number of amides is 1. The second-order valence-corrected chi connectivity index (χ2v) is 1.43. The van der Waals surface area contributed by atoms with Crippen LogP contribution < -0.4 is 5.73 Å². The maximum atomic E-state index is 10.4. The zero-order valence-electron chi connectivity index (χ0n) is 5.13. The first kappa shape index (κ1) is 7.69. The maximum Gasteiger partial charge on any atom is 0.248 e. The summed E-state index contributed by atoms with van der Waals surface area (Å²) in [5.74, 6) is -0.482. The van der Waals surface area contributed by atoms with Crippen molar-refractivity contribution in [3.05, 3.63) is 37.0 Å². The molecule has 0 aromatic carbocycles. The quantitative estimate of drug-likeness (QED) is 0.437. The summed E-state index contributed by atoms with van der Waals surface area (Å²) in [6, 6.07) is 0. The van der Waals surface area contributed by atoms with Crippen LogP contribution in [0.15, 0.2) is 37.0 Å². The van der Waals surface area contributed by atoms with Crippen LogP contribution in [0.4, 0.5) is 0 Å². The van der Waals surface area contributed by atoms with Crippen molar-refractivity contribution in [3.63, 3.8) is 0 Å². The first-order chi connectivity index (χ1) is 4.22. The molecule has 0 unspecified atom stereocenters. The predicted octanol–water partition coefficient (Wildman–Crippen LogP) is 0.770. The molecule has 2 heteroatoms. The minimum atomic E-state index is -0.482. The molecule has 0 bridgehead atoms. The van der Waals surface area contributed by atoms with E-state index in [2.05, 4.69) is 13.2 Å². The van der Waals surface area contributed by atoms with E-state index < -0.39 is 5.91 Å². The van der Waals surface area contributed by atoms with Crippen LogP contribution in [0.3, 0.4) is 0 Å². The van der Waals surface area contributed by atoms with Crippen molar-refractivity contribution in [2.45, 2.75) is 0 Å². The Labute approximate surface area is 54.4 Å². The van der Waals surface area contributed by atoms with Gasteiger partial charge in [-0.2, -0.15) is 0 Å². The monoisotopic (exact) mass is 123 g/mol. The van der Waals surface area contributed by atoms with Gasteiger partial charge in [0.25, 0.3) is 0 Å². The average Bonchev–Trinajstić information content (AvgIpc) is 1.82. The van der Waals surface area contributed by atoms with E-state index in [1.165, 1.54) is 18.2 Å². The van der Waals surface area contributed by atoms with E-state index in [9.17, 15) is 4.79 Å². The Bertz CT molecular complexity index is 168. The van der Waals surface area contributed by atoms with E-state index in [1.54, 1.807) is 0 Å². The summed E-state index contributed by atoms with van der Waals surface area (Å²) in [4.78, 5) is 10.4. The van der Waals surface area contributed by atoms with E-state index in [1.807, 2.05) is 0 Å². The summed E-state index contributed by atoms with van der Waals surface area (Å²) >= 11 is 0. The molecule has 0 heterocycles. The third-order valence-electron chi connectivity index (χ3n) is 0.802. The van der Waals surface area contributed by atoms with Crippen LogP contribution in [0.5, 0.6) is 0 Å². The van der Waals surface area contributed by atoms with Gasteiger partial charge in [0.15, 0.2) is 0 Å². The van der Waals surface area contributed by atoms with Gasteiger partial charge in [0.2, 0.25) is 5.91 Å². The first-order valence-electron chi connectivity index (χ1n) is 2.47. The van der Waals surface area contributed by atoms with Gasteiger partial charge in [-0.25, -0.2) is 0 Å². The Balaban J connectivity index is 4.32. The SMILES string of the molecule is C=C/C=C(/C=C)C(N)=O. The molecule has 0 rings (SSSR count). The molecule has 0 saturated heterocycles. The topological polar surface area (TPSA) is 43.1 Å². The van der Waals surface area contributed by atoms with Crippen LogP contribution in [-0.2, 0) is 4.79 Å². The van der Waals surface area contributed by atoms with Gasteiger partial charge in [0, 0.05) is 5.57 Å². The second-order valence-electron chi connectivity index (χ2n) is 1.43. The number of allylic oxidation sites excluding steroid dienone is 2. The number of carbonyl (C=O) groups excluding carboxylic acids is 1. The van der Waals surface area contributed by atoms with Crippen LogP contribution in [0.2, 0.25) is 0 Å². The fraction of sp³-hybridized carbons (Fsp3) is 0. The third kappa shape index (κ3) is 2.49. The average molecular weight is 123 g/mol. The number of rotatable bonds is 3. The Morgan fingerprint density at radius 3 is 2.11 bits per heavy atom. The Morgan fingerprint density at radius 2 is 2.00 bits per heavy atom. The predicted molar refractivity (Wildman–Crippen MR) is 37.7 cm³/mol. The molecule has 0 aromatic rings. The van der Waals surface area contributed by atoms with Crippen molar-refractivity contribution in [1.29, 1.82) is 0 Å². The fourth-order valence-corrected chi connectivity index (χ4v) is 0.378. The van der Waals surface area contributed by atoms with E-state index in [4.69, 9.17) is 5.73 Å². The largest absolute Gasteiger partial charge is 0.366 e. The third-order valence-corrected chi connectivity index (χ3v) is 0.802. The molecule has 0 atom stereocenters. The van der Waals surface area contributed by atoms with Crippen LogP contribution in [0.1, 0.15) is 0 Å². The lowest BCUT2D eigenvalue weighted by molar-refractivity contribution is -0.114. The molecule has 0 aliphatic rings. The molecule has 0 spiro atoms. The highest BCUT2D eigenvalue weighted by Gasteiger charge is 1.94. The van der Waals surface area contributed by atoms with E-state index in [0.717, 1.165) is 0 Å². The summed E-state index contributed by atoms with van der Waals surface area (Å²) in [5.41, 5.74) is 5.29. The zero-order valence-corrected chi connectivity index (χ0v) is 5.13. The lowest BCUT2D eigenvalue weighted by atomic mass is 10.2. The summed E-state index contributed by atoms with van der Waals surface area (Å²) < 4.78 is 0. The highest BCUT2D eigenvalue weighted by Crippen LogP contribution is 1.92. The minimum absolute atomic E-state index is 0.380. The molecule has 1 amide bonds. The minimum Gasteiger partial charge on any atom is -0.366 e. The van der Waals surface area contributed by atoms with E-state index >= 15 is 0 Å². The Kier molecular flexibility index (Phi) is 3.13. The molecule has 0 radical (unpaired) electrons. The standard InChI is InChI=1S/C7H9NO/c1-3-5-6(4-2)7(8)9/h3-5H,1-2H2,(H2,8,9)/b6-5-. The Morgan fingerprint density at radius 1 is 1.44 bits per heavy atom. The zero-order chi connectivity index (χ0) is 7.28. The second kappa shape index (κ2) is 3.66. The number of primary amides is 1. The number of hydrogen-bond donors (Lipinski definition) is 1. The first-order valence-corrected chi connectivity index (χ1v) is 2.47. The number of carbonyl (C=O) groups is 1. The Hall–Kier alpha value is -1.31. The summed E-state index contributed by atoms with van der Waals surface area (Å²) in [7, 11) is 0. The highest BCUT2D eigenvalue weighted by molar-refractivity contribution is 5.94. The molecule has 2 N–H and O–H groups in total. The molecule has 0 aliphatic heterocycles. The highest BCUT2D eigenvalue weighted by atomic mass is 16.1. The molecular weight excluding hydrogens is 114 g/mol. The maximum absolute atomic E-state index is 10.4. The summed E-state index contributed by atoms with van der Waals surface area (Å²) in [5, 5.41) is 0. The van der Waals surface area contributed by atoms with Gasteiger partial charge in [-0.1, -0.05) is 31.4 Å². The van der Waals surface area contributed by atoms with Crippen molar-refractivity contribution in [1.82, 2.24) is 0 Å². The van der Waals surface area contributed by atoms with Crippen LogP contribution >= 0.6 is 0 Å². The van der Waals surface area contributed by atoms with Gasteiger partial charge in [0.1, 0.15) is 0 Å². The van der Waals surface area contributed by atoms with Crippen molar-refractivity contribution < 1.29 is 4.79 Å². The molecule has 0 aliphatic carbocycles. The molecule has 0 aromatic heterocycles. The van der Waals surface area contributed by atoms with Gasteiger partial charge >= 0.3 is 0 Å². The summed E-state index contributed by atoms with van der Waals surface area (Å²) in [6.45, 7) is 6.78. The molecule has 48 valence electrons. The van der Waals surface area contributed by atoms with Crippen LogP contribution in [0.25, 0.3) is 0 Å². The van der Waals surface area contributed by atoms with Crippen molar-refractivity contribution in [2.75, 3.05) is 0 Å². The van der Waals surface area contributed by atoms with Gasteiger partial charge < -0.3 is 5.73 Å². The molecule has 0 saturated carbocycles. The van der Waals surface area contributed by atoms with E-state index in [0.29, 0.717) is 5.57 Å². The normalized spacial score (nSPS) is 10.4. The molecule has 9 heavy (non-hydrogen) atoms. The molecule has 2 nitrogen and oxygen atoms in total. The van der Waals surface area contributed by atoms with Crippen molar-refractivity contribution in [3.8, 4) is 0 Å². The smallest absolute Gasteiger partial charge is 0.248 e. The van der Waals surface area contributed by atoms with Crippen molar-refractivity contribution in [2.24, 2.45) is 5.73 Å². The number of nitrogens with two attached hydrogens (primary N) is 1. The summed E-state index contributed by atoms with van der Waals surface area (Å²) in [6.07, 6.45) is 4.39. The molecular formula is C7H9NO. The fourth-order valence-electron chi connectivity index (χ4n) is 0.378. The molecule has 0 fully saturated rings. The lowest BCUT2D eigenvalue weighted by Crippen LogP contribution is -2.11.